The third-order valence-electron chi connectivity index (χ3n) is 4.11. The number of carbonyl (C=O) groups is 2. The minimum Gasteiger partial charge on any atom is -0.456 e. The van der Waals surface area contributed by atoms with E-state index in [0.29, 0.717) is 18.0 Å². The minimum atomic E-state index is -0.403. The minimum absolute atomic E-state index is 0.205. The van der Waals surface area contributed by atoms with Gasteiger partial charge in [0.25, 0.3) is 5.91 Å². The summed E-state index contributed by atoms with van der Waals surface area (Å²) in [7, 11) is 0. The SMILES string of the molecule is CC(C)c1ccc(NC(=O)COC(=O)CCc2nc3ccccc3s2)cc1. The van der Waals surface area contributed by atoms with E-state index in [-0.39, 0.29) is 18.9 Å². The molecule has 1 aromatic heterocycles. The van der Waals surface area contributed by atoms with Gasteiger partial charge in [0.05, 0.1) is 21.6 Å². The van der Waals surface area contributed by atoms with E-state index in [1.165, 1.54) is 5.56 Å². The number of esters is 1. The fourth-order valence-corrected chi connectivity index (χ4v) is 3.57. The molecule has 0 spiro atoms. The highest BCUT2D eigenvalue weighted by Gasteiger charge is 2.10. The summed E-state index contributed by atoms with van der Waals surface area (Å²) < 4.78 is 6.16. The summed E-state index contributed by atoms with van der Waals surface area (Å²) in [5, 5.41) is 3.62. The van der Waals surface area contributed by atoms with Crippen molar-refractivity contribution in [2.24, 2.45) is 0 Å². The van der Waals surface area contributed by atoms with Crippen molar-refractivity contribution in [1.29, 1.82) is 0 Å². The normalized spacial score (nSPS) is 10.9. The first-order valence-corrected chi connectivity index (χ1v) is 9.73. The Hall–Kier alpha value is -2.73. The number of nitrogens with zero attached hydrogens (tertiary/aromatic N) is 1. The largest absolute Gasteiger partial charge is 0.456 e. The molecule has 0 aliphatic heterocycles. The monoisotopic (exact) mass is 382 g/mol. The first-order chi connectivity index (χ1) is 13.0. The molecular weight excluding hydrogens is 360 g/mol. The zero-order chi connectivity index (χ0) is 19.2. The molecule has 1 heterocycles. The Morgan fingerprint density at radius 1 is 1.11 bits per heavy atom. The molecule has 1 N–H and O–H groups in total. The summed E-state index contributed by atoms with van der Waals surface area (Å²) in [4.78, 5) is 28.3. The molecule has 3 aromatic rings. The molecule has 0 aliphatic carbocycles. The molecule has 0 aliphatic rings. The molecule has 0 saturated carbocycles. The van der Waals surface area contributed by atoms with Gasteiger partial charge in [0.15, 0.2) is 6.61 Å². The molecule has 140 valence electrons. The van der Waals surface area contributed by atoms with Gasteiger partial charge in [-0.2, -0.15) is 0 Å². The summed E-state index contributed by atoms with van der Waals surface area (Å²) in [6, 6.07) is 15.5. The van der Waals surface area contributed by atoms with Crippen LogP contribution < -0.4 is 5.32 Å². The van der Waals surface area contributed by atoms with Crippen LogP contribution in [0.1, 0.15) is 36.8 Å². The standard InChI is InChI=1S/C21H22N2O3S/c1-14(2)15-7-9-16(10-8-15)22-19(24)13-26-21(25)12-11-20-23-17-5-3-4-6-18(17)27-20/h3-10,14H,11-13H2,1-2H3,(H,22,24). The first kappa shape index (κ1) is 19.0. The van der Waals surface area contributed by atoms with Crippen LogP contribution >= 0.6 is 11.3 Å². The topological polar surface area (TPSA) is 68.3 Å². The molecule has 2 aromatic carbocycles. The van der Waals surface area contributed by atoms with Gasteiger partial charge in [0.1, 0.15) is 0 Å². The van der Waals surface area contributed by atoms with Crippen LogP contribution in [0.3, 0.4) is 0 Å². The molecule has 0 fully saturated rings. The number of para-hydroxylation sites is 1. The number of carbonyl (C=O) groups excluding carboxylic acids is 2. The summed E-state index contributed by atoms with van der Waals surface area (Å²) in [6.07, 6.45) is 0.715. The van der Waals surface area contributed by atoms with Gasteiger partial charge < -0.3 is 10.1 Å². The number of fused-ring (bicyclic) bond motifs is 1. The second kappa shape index (κ2) is 8.77. The smallest absolute Gasteiger partial charge is 0.306 e. The maximum Gasteiger partial charge on any atom is 0.306 e. The molecule has 0 bridgehead atoms. The van der Waals surface area contributed by atoms with E-state index in [1.807, 2.05) is 48.5 Å². The van der Waals surface area contributed by atoms with E-state index in [1.54, 1.807) is 11.3 Å². The number of hydrogen-bond acceptors (Lipinski definition) is 5. The Morgan fingerprint density at radius 2 is 1.85 bits per heavy atom. The average Bonchev–Trinajstić information content (AvgIpc) is 3.08. The number of anilines is 1. The van der Waals surface area contributed by atoms with E-state index in [2.05, 4.69) is 24.1 Å². The van der Waals surface area contributed by atoms with Gasteiger partial charge in [-0.25, -0.2) is 4.98 Å². The number of hydrogen-bond donors (Lipinski definition) is 1. The number of thiazole rings is 1. The lowest BCUT2D eigenvalue weighted by Crippen LogP contribution is -2.21. The lowest BCUT2D eigenvalue weighted by atomic mass is 10.0. The van der Waals surface area contributed by atoms with Gasteiger partial charge in [0.2, 0.25) is 0 Å². The number of rotatable bonds is 7. The lowest BCUT2D eigenvalue weighted by Gasteiger charge is -2.09. The average molecular weight is 382 g/mol. The summed E-state index contributed by atoms with van der Waals surface area (Å²) in [5.41, 5.74) is 2.83. The fourth-order valence-electron chi connectivity index (χ4n) is 2.60. The van der Waals surface area contributed by atoms with Crippen LogP contribution in [-0.2, 0) is 20.7 Å². The quantitative estimate of drug-likeness (QED) is 0.610. The van der Waals surface area contributed by atoms with Gasteiger partial charge >= 0.3 is 5.97 Å². The Bertz CT molecular complexity index is 899. The van der Waals surface area contributed by atoms with Crippen molar-refractivity contribution in [2.45, 2.75) is 32.6 Å². The summed E-state index contributed by atoms with van der Waals surface area (Å²) in [6.45, 7) is 3.94. The van der Waals surface area contributed by atoms with Crippen molar-refractivity contribution in [3.05, 3.63) is 59.1 Å². The maximum atomic E-state index is 11.9. The van der Waals surface area contributed by atoms with Gasteiger partial charge in [-0.1, -0.05) is 38.1 Å². The molecular formula is C21H22N2O3S. The van der Waals surface area contributed by atoms with E-state index in [9.17, 15) is 9.59 Å². The number of ether oxygens (including phenoxy) is 1. The molecule has 0 atom stereocenters. The Balaban J connectivity index is 1.42. The van der Waals surface area contributed by atoms with E-state index in [0.717, 1.165) is 15.2 Å². The van der Waals surface area contributed by atoms with E-state index < -0.39 is 5.97 Å². The van der Waals surface area contributed by atoms with Gasteiger partial charge in [-0.3, -0.25) is 9.59 Å². The molecule has 5 nitrogen and oxygen atoms in total. The highest BCUT2D eigenvalue weighted by Crippen LogP contribution is 2.22. The molecule has 27 heavy (non-hydrogen) atoms. The van der Waals surface area contributed by atoms with Crippen molar-refractivity contribution < 1.29 is 14.3 Å². The van der Waals surface area contributed by atoms with Crippen LogP contribution in [0, 0.1) is 0 Å². The van der Waals surface area contributed by atoms with Crippen molar-refractivity contribution >= 4 is 39.1 Å². The third-order valence-corrected chi connectivity index (χ3v) is 5.20. The number of aryl methyl sites for hydroxylation is 1. The number of benzene rings is 2. The second-order valence-electron chi connectivity index (χ2n) is 6.56. The van der Waals surface area contributed by atoms with Crippen LogP contribution in [-0.4, -0.2) is 23.5 Å². The molecule has 0 radical (unpaired) electrons. The van der Waals surface area contributed by atoms with Crippen molar-refractivity contribution in [3.63, 3.8) is 0 Å². The zero-order valence-electron chi connectivity index (χ0n) is 15.4. The Morgan fingerprint density at radius 3 is 2.56 bits per heavy atom. The first-order valence-electron chi connectivity index (χ1n) is 8.91. The molecule has 0 unspecified atom stereocenters. The van der Waals surface area contributed by atoms with Crippen molar-refractivity contribution in [3.8, 4) is 0 Å². The maximum absolute atomic E-state index is 11.9. The van der Waals surface area contributed by atoms with Crippen molar-refractivity contribution in [1.82, 2.24) is 4.98 Å². The Labute approximate surface area is 162 Å². The molecule has 1 amide bonds. The summed E-state index contributed by atoms with van der Waals surface area (Å²) >= 11 is 1.57. The van der Waals surface area contributed by atoms with Crippen LogP contribution in [0.4, 0.5) is 5.69 Å². The van der Waals surface area contributed by atoms with Gasteiger partial charge in [0, 0.05) is 12.1 Å². The number of aromatic nitrogens is 1. The third kappa shape index (κ3) is 5.37. The highest BCUT2D eigenvalue weighted by atomic mass is 32.1. The van der Waals surface area contributed by atoms with Gasteiger partial charge in [-0.05, 0) is 35.7 Å². The van der Waals surface area contributed by atoms with Crippen LogP contribution in [0.5, 0.6) is 0 Å². The highest BCUT2D eigenvalue weighted by molar-refractivity contribution is 7.18. The fraction of sp³-hybridized carbons (Fsp3) is 0.286. The predicted octanol–water partition coefficient (Wildman–Crippen LogP) is 4.53. The molecule has 6 heteroatoms. The van der Waals surface area contributed by atoms with Crippen molar-refractivity contribution in [2.75, 3.05) is 11.9 Å². The molecule has 3 rings (SSSR count). The summed E-state index contributed by atoms with van der Waals surface area (Å²) in [5.74, 6) is -0.314. The van der Waals surface area contributed by atoms with Crippen LogP contribution in [0.25, 0.3) is 10.2 Å². The second-order valence-corrected chi connectivity index (χ2v) is 7.68. The zero-order valence-corrected chi connectivity index (χ0v) is 16.2. The molecule has 0 saturated heterocycles. The van der Waals surface area contributed by atoms with E-state index >= 15 is 0 Å². The van der Waals surface area contributed by atoms with Crippen LogP contribution in [0.2, 0.25) is 0 Å². The number of nitrogens with one attached hydrogen (secondary N) is 1. The van der Waals surface area contributed by atoms with Gasteiger partial charge in [-0.15, -0.1) is 11.3 Å². The van der Waals surface area contributed by atoms with E-state index in [4.69, 9.17) is 4.74 Å². The number of amides is 1. The predicted molar refractivity (Wildman–Crippen MR) is 108 cm³/mol. The van der Waals surface area contributed by atoms with Crippen LogP contribution in [0.15, 0.2) is 48.5 Å². The Kier molecular flexibility index (Phi) is 6.19. The lowest BCUT2D eigenvalue weighted by molar-refractivity contribution is -0.147.